The highest BCUT2D eigenvalue weighted by molar-refractivity contribution is 6.50. The number of nitrogens with one attached hydrogen (secondary N) is 2. The fourth-order valence-corrected chi connectivity index (χ4v) is 4.40. The summed E-state index contributed by atoms with van der Waals surface area (Å²) in [5.41, 5.74) is 2.55. The normalized spacial score (nSPS) is 17.3. The monoisotopic (exact) mass is 432 g/mol. The number of fused-ring (bicyclic) bond motifs is 1. The summed E-state index contributed by atoms with van der Waals surface area (Å²) in [6, 6.07) is 12.4. The Hall–Kier alpha value is -3.98. The Morgan fingerprint density at radius 1 is 0.938 bits per heavy atom. The number of carbonyl (C=O) groups is 2. The Labute approximate surface area is 183 Å². The first kappa shape index (κ1) is 20.0. The van der Waals surface area contributed by atoms with E-state index in [1.54, 1.807) is 18.3 Å². The zero-order chi connectivity index (χ0) is 22.4. The second kappa shape index (κ2) is 7.61. The van der Waals surface area contributed by atoms with E-state index in [-0.39, 0.29) is 27.3 Å². The number of H-pyrrole nitrogens is 1. The second-order valence-electron chi connectivity index (χ2n) is 8.05. The van der Waals surface area contributed by atoms with Gasteiger partial charge in [0, 0.05) is 60.6 Å². The molecule has 0 atom stereocenters. The summed E-state index contributed by atoms with van der Waals surface area (Å²) >= 11 is 0. The van der Waals surface area contributed by atoms with Gasteiger partial charge < -0.3 is 14.8 Å². The lowest BCUT2D eigenvalue weighted by Crippen LogP contribution is -2.44. The summed E-state index contributed by atoms with van der Waals surface area (Å²) in [5, 5.41) is 12.9. The Balaban J connectivity index is 1.71. The number of hydrogen-bond acceptors (Lipinski definition) is 5. The number of benzene rings is 2. The lowest BCUT2D eigenvalue weighted by molar-refractivity contribution is -0.729. The van der Waals surface area contributed by atoms with Crippen molar-refractivity contribution in [1.29, 1.82) is 0 Å². The first-order valence-corrected chi connectivity index (χ1v) is 10.3. The maximum atomic E-state index is 12.9. The van der Waals surface area contributed by atoms with Gasteiger partial charge in [0.2, 0.25) is 0 Å². The summed E-state index contributed by atoms with van der Waals surface area (Å²) in [7, 11) is 2.06. The van der Waals surface area contributed by atoms with Crippen LogP contribution in [0.2, 0.25) is 0 Å². The summed E-state index contributed by atoms with van der Waals surface area (Å²) in [6.45, 7) is 3.34. The molecule has 0 spiro atoms. The van der Waals surface area contributed by atoms with Crippen molar-refractivity contribution in [3.63, 3.8) is 0 Å². The number of hydrogen-bond donors (Lipinski definition) is 3. The van der Waals surface area contributed by atoms with Crippen molar-refractivity contribution in [2.75, 3.05) is 38.1 Å². The highest BCUT2D eigenvalue weighted by Gasteiger charge is 2.38. The molecule has 9 nitrogen and oxygen atoms in total. The van der Waals surface area contributed by atoms with Gasteiger partial charge in [-0.15, -0.1) is 0 Å². The van der Waals surface area contributed by atoms with E-state index in [0.29, 0.717) is 5.56 Å². The number of imide groups is 1. The molecular weight excluding hydrogens is 410 g/mol. The zero-order valence-electron chi connectivity index (χ0n) is 17.5. The van der Waals surface area contributed by atoms with E-state index in [1.165, 1.54) is 6.07 Å². The number of carbonyl (C=O) groups excluding carboxylic acids is 2. The minimum absolute atomic E-state index is 0.0700. The predicted molar refractivity (Wildman–Crippen MR) is 119 cm³/mol. The molecule has 5 rings (SSSR count). The van der Waals surface area contributed by atoms with Crippen molar-refractivity contribution in [3.8, 4) is 0 Å². The average molecular weight is 432 g/mol. The van der Waals surface area contributed by atoms with Gasteiger partial charge >= 0.3 is 5.69 Å². The molecule has 32 heavy (non-hydrogen) atoms. The number of nitrogens with zero attached hydrogens (tertiary/aromatic N) is 3. The van der Waals surface area contributed by atoms with E-state index in [2.05, 4.69) is 27.1 Å². The number of para-hydroxylation sites is 1. The molecule has 0 unspecified atom stereocenters. The largest absolute Gasteiger partial charge is 0.369 e. The molecule has 0 saturated carbocycles. The summed E-state index contributed by atoms with van der Waals surface area (Å²) in [4.78, 5) is 44.9. The van der Waals surface area contributed by atoms with Gasteiger partial charge in [-0.05, 0) is 25.2 Å². The van der Waals surface area contributed by atoms with Crippen LogP contribution >= 0.6 is 0 Å². The zero-order valence-corrected chi connectivity index (χ0v) is 17.5. The summed E-state index contributed by atoms with van der Waals surface area (Å²) in [6.07, 6.45) is 1.68. The summed E-state index contributed by atoms with van der Waals surface area (Å²) in [5.74, 6) is -1.14. The van der Waals surface area contributed by atoms with Crippen LogP contribution in [0.5, 0.6) is 0 Å². The highest BCUT2D eigenvalue weighted by Crippen LogP contribution is 2.39. The highest BCUT2D eigenvalue weighted by atomic mass is 16.6. The third-order valence-electron chi connectivity index (χ3n) is 6.11. The van der Waals surface area contributed by atoms with Crippen molar-refractivity contribution >= 4 is 45.2 Å². The Kier molecular flexibility index (Phi) is 4.75. The molecule has 0 bridgehead atoms. The molecule has 2 aromatic carbocycles. The number of amides is 2. The maximum Gasteiger partial charge on any atom is 0.324 e. The number of rotatable bonds is 4. The van der Waals surface area contributed by atoms with Crippen molar-refractivity contribution in [2.45, 2.75) is 0 Å². The molecule has 3 heterocycles. The number of aromatic nitrogens is 1. The minimum Gasteiger partial charge on any atom is -0.369 e. The van der Waals surface area contributed by atoms with E-state index in [4.69, 9.17) is 0 Å². The Bertz CT molecular complexity index is 1300. The van der Waals surface area contributed by atoms with Crippen LogP contribution in [0.3, 0.4) is 0 Å². The molecule has 2 amide bonds. The van der Waals surface area contributed by atoms with Crippen LogP contribution in [0, 0.1) is 4.91 Å². The van der Waals surface area contributed by atoms with Gasteiger partial charge in [0.25, 0.3) is 16.7 Å². The van der Waals surface area contributed by atoms with Crippen molar-refractivity contribution in [3.05, 3.63) is 64.7 Å². The number of likely N-dealkylation sites (N-methyl/N-ethyl adjacent to an activating group) is 1. The van der Waals surface area contributed by atoms with Crippen LogP contribution in [0.15, 0.2) is 48.7 Å². The van der Waals surface area contributed by atoms with E-state index < -0.39 is 11.8 Å². The van der Waals surface area contributed by atoms with Crippen LogP contribution in [-0.2, 0) is 9.59 Å². The fraction of sp³-hybridized carbons (Fsp3) is 0.217. The van der Waals surface area contributed by atoms with Crippen LogP contribution in [-0.4, -0.2) is 65.1 Å². The van der Waals surface area contributed by atoms with Gasteiger partial charge in [-0.3, -0.25) is 14.9 Å². The quantitative estimate of drug-likeness (QED) is 0.431. The van der Waals surface area contributed by atoms with Crippen molar-refractivity contribution in [2.24, 2.45) is 0 Å². The molecule has 0 aliphatic carbocycles. The molecule has 2 aliphatic rings. The van der Waals surface area contributed by atoms with Gasteiger partial charge in [0.05, 0.1) is 21.6 Å². The standard InChI is InChI=1S/C23H21N5O4/c1-26-8-10-27(11-9-26)14-6-7-19(28(31)32)16(12-14)20-21(23(30)25-22(20)29)17-13-24-18-5-3-2-4-15(17)18/h2-7,12-13H,8-11H2,1H3,(H2-,24,25,29,30,31,32)/p+1. The first-order chi connectivity index (χ1) is 15.4. The van der Waals surface area contributed by atoms with Crippen LogP contribution in [0.25, 0.3) is 22.0 Å². The Morgan fingerprint density at radius 3 is 2.34 bits per heavy atom. The lowest BCUT2D eigenvalue weighted by atomic mass is 9.94. The summed E-state index contributed by atoms with van der Waals surface area (Å²) < 4.78 is 0. The number of aromatic amines is 1. The van der Waals surface area contributed by atoms with Gasteiger partial charge in [0.15, 0.2) is 0 Å². The van der Waals surface area contributed by atoms with Gasteiger partial charge in [0.1, 0.15) is 0 Å². The fourth-order valence-electron chi connectivity index (χ4n) is 4.40. The molecule has 0 radical (unpaired) electrons. The van der Waals surface area contributed by atoms with Crippen LogP contribution < -0.4 is 10.2 Å². The molecule has 162 valence electrons. The molecule has 1 aromatic heterocycles. The topological polar surface area (TPSA) is 109 Å². The van der Waals surface area contributed by atoms with Crippen molar-refractivity contribution in [1.82, 2.24) is 15.2 Å². The SMILES string of the molecule is CN1CCN(c2ccc([N+](=O)O)c(C3=C(c4c[nH]c5ccccc45)C(=O)NC3=O)c2)CC1. The molecule has 9 heteroatoms. The minimum atomic E-state index is -0.603. The van der Waals surface area contributed by atoms with Crippen molar-refractivity contribution < 1.29 is 19.7 Å². The molecule has 1 saturated heterocycles. The molecule has 3 N–H and O–H groups in total. The third-order valence-corrected chi connectivity index (χ3v) is 6.11. The molecule has 1 fully saturated rings. The number of piperazine rings is 1. The second-order valence-corrected chi connectivity index (χ2v) is 8.05. The van der Waals surface area contributed by atoms with Gasteiger partial charge in [-0.25, -0.2) is 5.21 Å². The van der Waals surface area contributed by atoms with E-state index in [1.807, 2.05) is 24.3 Å². The lowest BCUT2D eigenvalue weighted by Gasteiger charge is -2.34. The maximum absolute atomic E-state index is 12.9. The Morgan fingerprint density at radius 2 is 1.62 bits per heavy atom. The molecule has 3 aromatic rings. The predicted octanol–water partition coefficient (Wildman–Crippen LogP) is 2.29. The van der Waals surface area contributed by atoms with E-state index >= 15 is 0 Å². The van der Waals surface area contributed by atoms with E-state index in [9.17, 15) is 19.7 Å². The molecular formula is C23H22N5O4+. The van der Waals surface area contributed by atoms with Crippen LogP contribution in [0.1, 0.15) is 11.1 Å². The smallest absolute Gasteiger partial charge is 0.324 e. The first-order valence-electron chi connectivity index (χ1n) is 10.3. The average Bonchev–Trinajstić information content (AvgIpc) is 3.33. The molecule has 2 aliphatic heterocycles. The third kappa shape index (κ3) is 3.23. The van der Waals surface area contributed by atoms with E-state index in [0.717, 1.165) is 42.8 Å². The number of anilines is 1. The van der Waals surface area contributed by atoms with Gasteiger partial charge in [-0.2, -0.15) is 0 Å². The van der Waals surface area contributed by atoms with Gasteiger partial charge in [-0.1, -0.05) is 18.2 Å². The van der Waals surface area contributed by atoms with Crippen LogP contribution in [0.4, 0.5) is 11.4 Å².